The van der Waals surface area contributed by atoms with Crippen molar-refractivity contribution in [2.45, 2.75) is 38.8 Å². The Bertz CT molecular complexity index is 769. The van der Waals surface area contributed by atoms with E-state index >= 15 is 0 Å². The van der Waals surface area contributed by atoms with Gasteiger partial charge in [-0.25, -0.2) is 0 Å². The van der Waals surface area contributed by atoms with Crippen LogP contribution in [0.5, 0.6) is 0 Å². The van der Waals surface area contributed by atoms with E-state index in [-0.39, 0.29) is 36.8 Å². The number of piperazine rings is 1. The monoisotopic (exact) mass is 441 g/mol. The van der Waals surface area contributed by atoms with E-state index in [1.807, 2.05) is 29.2 Å². The summed E-state index contributed by atoms with van der Waals surface area (Å²) in [7, 11) is 0. The van der Waals surface area contributed by atoms with Gasteiger partial charge in [0, 0.05) is 31.7 Å². The van der Waals surface area contributed by atoms with Gasteiger partial charge in [0.2, 0.25) is 17.6 Å². The number of aromatic nitrogens is 2. The van der Waals surface area contributed by atoms with Crippen molar-refractivity contribution >= 4 is 30.7 Å². The lowest BCUT2D eigenvalue weighted by Crippen LogP contribution is -2.54. The van der Waals surface area contributed by atoms with Crippen LogP contribution in [0.15, 0.2) is 28.8 Å². The summed E-state index contributed by atoms with van der Waals surface area (Å²) < 4.78 is 5.43. The highest BCUT2D eigenvalue weighted by Gasteiger charge is 2.28. The minimum atomic E-state index is 0. The fourth-order valence-corrected chi connectivity index (χ4v) is 3.74. The first-order valence-corrected chi connectivity index (χ1v) is 9.83. The number of nitrogens with one attached hydrogen (secondary N) is 1. The lowest BCUT2D eigenvalue weighted by molar-refractivity contribution is -0.135. The molecule has 0 radical (unpaired) electrons. The average Bonchev–Trinajstić information content (AvgIpc) is 3.18. The zero-order chi connectivity index (χ0) is 18.6. The van der Waals surface area contributed by atoms with E-state index in [0.29, 0.717) is 18.3 Å². The van der Waals surface area contributed by atoms with E-state index in [1.54, 1.807) is 0 Å². The number of rotatable bonds is 4. The van der Waals surface area contributed by atoms with Crippen LogP contribution < -0.4 is 5.32 Å². The number of nitrogens with zero attached hydrogens (tertiary/aromatic N) is 4. The highest BCUT2D eigenvalue weighted by atomic mass is 35.5. The van der Waals surface area contributed by atoms with Gasteiger partial charge < -0.3 is 14.7 Å². The predicted molar refractivity (Wildman–Crippen MR) is 116 cm³/mol. The normalized spacial score (nSPS) is 19.9. The maximum absolute atomic E-state index is 12.6. The largest absolute Gasteiger partial charge is 0.339 e. The predicted octanol–water partition coefficient (Wildman–Crippen LogP) is 2.67. The van der Waals surface area contributed by atoms with Gasteiger partial charge in [0.15, 0.2) is 0 Å². The molecule has 0 spiro atoms. The third-order valence-corrected chi connectivity index (χ3v) is 5.43. The van der Waals surface area contributed by atoms with E-state index in [4.69, 9.17) is 4.52 Å². The fourth-order valence-electron chi connectivity index (χ4n) is 3.74. The molecule has 1 aromatic heterocycles. The Kier molecular flexibility index (Phi) is 8.89. The summed E-state index contributed by atoms with van der Waals surface area (Å²) in [5, 5.41) is 7.45. The van der Waals surface area contributed by atoms with Gasteiger partial charge in [-0.2, -0.15) is 4.98 Å². The molecule has 0 aliphatic carbocycles. The molecule has 0 saturated carbocycles. The molecule has 4 rings (SSSR count). The van der Waals surface area contributed by atoms with Crippen molar-refractivity contribution in [1.29, 1.82) is 0 Å². The number of hydrogen-bond donors (Lipinski definition) is 1. The quantitative estimate of drug-likeness (QED) is 0.785. The molecule has 2 fully saturated rings. The molecule has 1 atom stereocenters. The third-order valence-electron chi connectivity index (χ3n) is 5.43. The summed E-state index contributed by atoms with van der Waals surface area (Å²) in [5.74, 6) is 1.51. The number of amides is 1. The molecular formula is C20H29Cl2N5O2. The Morgan fingerprint density at radius 3 is 2.52 bits per heavy atom. The summed E-state index contributed by atoms with van der Waals surface area (Å²) >= 11 is 0. The summed E-state index contributed by atoms with van der Waals surface area (Å²) in [6, 6.07) is 8.12. The highest BCUT2D eigenvalue weighted by molar-refractivity contribution is 5.85. The zero-order valence-electron chi connectivity index (χ0n) is 16.7. The second-order valence-electron chi connectivity index (χ2n) is 7.48. The first-order chi connectivity index (χ1) is 13.2. The van der Waals surface area contributed by atoms with Crippen LogP contribution in [0.25, 0.3) is 11.4 Å². The van der Waals surface area contributed by atoms with Crippen LogP contribution in [0.3, 0.4) is 0 Å². The number of carbonyl (C=O) groups excluding carboxylic acids is 1. The van der Waals surface area contributed by atoms with Gasteiger partial charge in [0.05, 0.1) is 12.6 Å². The van der Waals surface area contributed by atoms with Crippen molar-refractivity contribution in [3.05, 3.63) is 35.7 Å². The van der Waals surface area contributed by atoms with Gasteiger partial charge in [-0.15, -0.1) is 24.8 Å². The van der Waals surface area contributed by atoms with Crippen LogP contribution in [0.1, 0.15) is 30.7 Å². The molecule has 2 aliphatic rings. The first kappa shape index (κ1) is 23.6. The van der Waals surface area contributed by atoms with E-state index in [2.05, 4.69) is 27.3 Å². The molecule has 2 aliphatic heterocycles. The van der Waals surface area contributed by atoms with Gasteiger partial charge in [0.25, 0.3) is 0 Å². The van der Waals surface area contributed by atoms with Crippen molar-refractivity contribution in [3.63, 3.8) is 0 Å². The molecule has 29 heavy (non-hydrogen) atoms. The lowest BCUT2D eigenvalue weighted by atomic mass is 10.0. The number of aryl methyl sites for hydroxylation is 1. The summed E-state index contributed by atoms with van der Waals surface area (Å²) in [6.45, 7) is 6.83. The van der Waals surface area contributed by atoms with E-state index in [9.17, 15) is 4.79 Å². The Balaban J connectivity index is 0.00000150. The van der Waals surface area contributed by atoms with Crippen molar-refractivity contribution in [2.75, 3.05) is 32.7 Å². The van der Waals surface area contributed by atoms with Gasteiger partial charge in [0.1, 0.15) is 0 Å². The Hall–Kier alpha value is -1.67. The van der Waals surface area contributed by atoms with Crippen molar-refractivity contribution in [1.82, 2.24) is 25.3 Å². The Labute approximate surface area is 184 Å². The van der Waals surface area contributed by atoms with E-state index in [1.165, 1.54) is 12.0 Å². The summed E-state index contributed by atoms with van der Waals surface area (Å²) in [6.07, 6.45) is 3.28. The topological polar surface area (TPSA) is 74.5 Å². The van der Waals surface area contributed by atoms with Gasteiger partial charge in [-0.1, -0.05) is 41.4 Å². The molecule has 0 bridgehead atoms. The van der Waals surface area contributed by atoms with Crippen LogP contribution in [0, 0.1) is 6.92 Å². The Morgan fingerprint density at radius 1 is 1.14 bits per heavy atom. The molecule has 160 valence electrons. The van der Waals surface area contributed by atoms with Gasteiger partial charge >= 0.3 is 0 Å². The molecule has 2 saturated heterocycles. The molecule has 1 amide bonds. The van der Waals surface area contributed by atoms with E-state index in [0.717, 1.165) is 51.1 Å². The highest BCUT2D eigenvalue weighted by Crippen LogP contribution is 2.18. The first-order valence-electron chi connectivity index (χ1n) is 9.83. The molecule has 1 aromatic carbocycles. The number of carbonyl (C=O) groups is 1. The molecule has 9 heteroatoms. The molecule has 1 unspecified atom stereocenters. The number of benzene rings is 1. The molecule has 3 heterocycles. The lowest BCUT2D eigenvalue weighted by Gasteiger charge is -2.36. The zero-order valence-corrected chi connectivity index (χ0v) is 18.3. The van der Waals surface area contributed by atoms with Crippen molar-refractivity contribution < 1.29 is 9.32 Å². The summed E-state index contributed by atoms with van der Waals surface area (Å²) in [5.41, 5.74) is 2.17. The Morgan fingerprint density at radius 2 is 1.86 bits per heavy atom. The van der Waals surface area contributed by atoms with Gasteiger partial charge in [-0.05, 0) is 26.3 Å². The van der Waals surface area contributed by atoms with Crippen LogP contribution >= 0.6 is 24.8 Å². The van der Waals surface area contributed by atoms with Crippen molar-refractivity contribution in [3.8, 4) is 11.4 Å². The van der Waals surface area contributed by atoms with Crippen LogP contribution in [-0.2, 0) is 11.3 Å². The maximum Gasteiger partial charge on any atom is 0.241 e. The van der Waals surface area contributed by atoms with Crippen LogP contribution in [0.4, 0.5) is 0 Å². The average molecular weight is 442 g/mol. The number of hydrogen-bond acceptors (Lipinski definition) is 6. The smallest absolute Gasteiger partial charge is 0.241 e. The summed E-state index contributed by atoms with van der Waals surface area (Å²) in [4.78, 5) is 21.4. The molecule has 2 aromatic rings. The molecule has 1 N–H and O–H groups in total. The SMILES string of the molecule is Cc1ccc(-c2noc(CN3CCN(C(=O)C4CCCCN4)CC3)n2)cc1.Cl.Cl. The maximum atomic E-state index is 12.6. The third kappa shape index (κ3) is 5.92. The van der Waals surface area contributed by atoms with E-state index < -0.39 is 0 Å². The minimum Gasteiger partial charge on any atom is -0.339 e. The second-order valence-corrected chi connectivity index (χ2v) is 7.48. The fraction of sp³-hybridized carbons (Fsp3) is 0.550. The molecular weight excluding hydrogens is 413 g/mol. The second kappa shape index (κ2) is 10.9. The minimum absolute atomic E-state index is 0. The van der Waals surface area contributed by atoms with Crippen LogP contribution in [0.2, 0.25) is 0 Å². The molecule has 7 nitrogen and oxygen atoms in total. The standard InChI is InChI=1S/C20H27N5O2.2ClH/c1-15-5-7-16(8-6-15)19-22-18(27-23-19)14-24-10-12-25(13-11-24)20(26)17-4-2-3-9-21-17;;/h5-8,17,21H,2-4,9-14H2,1H3;2*1H. The van der Waals surface area contributed by atoms with Crippen LogP contribution in [-0.4, -0.2) is 64.6 Å². The van der Waals surface area contributed by atoms with Gasteiger partial charge in [-0.3, -0.25) is 9.69 Å². The number of halogens is 2. The van der Waals surface area contributed by atoms with Crippen molar-refractivity contribution in [2.24, 2.45) is 0 Å². The number of piperidine rings is 1.